The van der Waals surface area contributed by atoms with E-state index in [9.17, 15) is 4.79 Å². The van der Waals surface area contributed by atoms with Crippen molar-refractivity contribution in [2.24, 2.45) is 0 Å². The number of rotatable bonds is 5. The fraction of sp³-hybridized carbons (Fsp3) is 0.0526. The van der Waals surface area contributed by atoms with E-state index >= 15 is 0 Å². The number of hydrogen-bond acceptors (Lipinski definition) is 3. The molecule has 0 atom stereocenters. The SMILES string of the molecule is O=C(/C=C/c1cccc(Cc2ncc(-c3ccccc3)[nH]2)c1)NO. The van der Waals surface area contributed by atoms with Crippen LogP contribution in [0.4, 0.5) is 0 Å². The minimum atomic E-state index is -0.557. The van der Waals surface area contributed by atoms with Gasteiger partial charge in [-0.15, -0.1) is 0 Å². The highest BCUT2D eigenvalue weighted by atomic mass is 16.5. The molecule has 0 bridgehead atoms. The fourth-order valence-electron chi connectivity index (χ4n) is 2.43. The molecule has 1 aromatic heterocycles. The second kappa shape index (κ2) is 7.39. The number of nitrogens with zero attached hydrogens (tertiary/aromatic N) is 1. The summed E-state index contributed by atoms with van der Waals surface area (Å²) in [5.41, 5.74) is 5.61. The van der Waals surface area contributed by atoms with Crippen molar-refractivity contribution in [3.8, 4) is 11.3 Å². The van der Waals surface area contributed by atoms with Crippen molar-refractivity contribution in [2.75, 3.05) is 0 Å². The van der Waals surface area contributed by atoms with Crippen LogP contribution in [0.3, 0.4) is 0 Å². The van der Waals surface area contributed by atoms with Crippen LogP contribution in [-0.4, -0.2) is 21.1 Å². The van der Waals surface area contributed by atoms with Crippen LogP contribution in [0.2, 0.25) is 0 Å². The first-order valence-electron chi connectivity index (χ1n) is 7.55. The predicted molar refractivity (Wildman–Crippen MR) is 92.2 cm³/mol. The summed E-state index contributed by atoms with van der Waals surface area (Å²) in [6.45, 7) is 0. The Morgan fingerprint density at radius 1 is 1.17 bits per heavy atom. The first-order valence-corrected chi connectivity index (χ1v) is 7.55. The molecule has 0 radical (unpaired) electrons. The van der Waals surface area contributed by atoms with E-state index in [4.69, 9.17) is 5.21 Å². The molecule has 0 saturated heterocycles. The summed E-state index contributed by atoms with van der Waals surface area (Å²) in [6, 6.07) is 17.8. The standard InChI is InChI=1S/C19H17N3O2/c23-19(22-24)10-9-14-5-4-6-15(11-14)12-18-20-13-17(21-18)16-7-2-1-3-8-16/h1-11,13,24H,12H2,(H,20,21)(H,22,23)/b10-9+. The van der Waals surface area contributed by atoms with E-state index in [1.807, 2.05) is 60.8 Å². The third-order valence-corrected chi connectivity index (χ3v) is 3.57. The summed E-state index contributed by atoms with van der Waals surface area (Å²) >= 11 is 0. The molecule has 0 aliphatic heterocycles. The summed E-state index contributed by atoms with van der Waals surface area (Å²) in [5, 5.41) is 8.50. The van der Waals surface area contributed by atoms with Crippen LogP contribution in [0.25, 0.3) is 17.3 Å². The lowest BCUT2D eigenvalue weighted by molar-refractivity contribution is -0.124. The van der Waals surface area contributed by atoms with Crippen LogP contribution in [0, 0.1) is 0 Å². The minimum absolute atomic E-state index is 0.557. The van der Waals surface area contributed by atoms with E-state index in [1.165, 1.54) is 6.08 Å². The number of aromatic amines is 1. The number of hydrogen-bond donors (Lipinski definition) is 3. The molecular formula is C19H17N3O2. The highest BCUT2D eigenvalue weighted by molar-refractivity contribution is 5.90. The van der Waals surface area contributed by atoms with E-state index in [2.05, 4.69) is 9.97 Å². The maximum absolute atomic E-state index is 11.0. The van der Waals surface area contributed by atoms with Gasteiger partial charge in [-0.2, -0.15) is 0 Å². The summed E-state index contributed by atoms with van der Waals surface area (Å²) in [7, 11) is 0. The zero-order valence-electron chi connectivity index (χ0n) is 12.9. The normalized spacial score (nSPS) is 10.9. The molecule has 0 unspecified atom stereocenters. The molecule has 24 heavy (non-hydrogen) atoms. The van der Waals surface area contributed by atoms with Crippen LogP contribution in [0.15, 0.2) is 66.9 Å². The Morgan fingerprint density at radius 3 is 2.79 bits per heavy atom. The van der Waals surface area contributed by atoms with E-state index in [0.29, 0.717) is 6.42 Å². The summed E-state index contributed by atoms with van der Waals surface area (Å²) in [6.07, 6.45) is 5.42. The quantitative estimate of drug-likeness (QED) is 0.384. The molecule has 2 aromatic carbocycles. The lowest BCUT2D eigenvalue weighted by atomic mass is 10.1. The molecule has 3 rings (SSSR count). The highest BCUT2D eigenvalue weighted by Gasteiger charge is 2.04. The minimum Gasteiger partial charge on any atom is -0.342 e. The van der Waals surface area contributed by atoms with Gasteiger partial charge >= 0.3 is 0 Å². The molecule has 0 spiro atoms. The zero-order chi connectivity index (χ0) is 16.8. The van der Waals surface area contributed by atoms with Gasteiger partial charge in [0.25, 0.3) is 5.91 Å². The van der Waals surface area contributed by atoms with E-state index < -0.39 is 5.91 Å². The first kappa shape index (κ1) is 15.7. The monoisotopic (exact) mass is 319 g/mol. The molecule has 0 aliphatic carbocycles. The summed E-state index contributed by atoms with van der Waals surface area (Å²) in [4.78, 5) is 18.8. The molecular weight excluding hydrogens is 302 g/mol. The average Bonchev–Trinajstić information content (AvgIpc) is 3.09. The zero-order valence-corrected chi connectivity index (χ0v) is 12.9. The van der Waals surface area contributed by atoms with E-state index in [1.54, 1.807) is 11.6 Å². The molecule has 1 amide bonds. The van der Waals surface area contributed by atoms with Crippen molar-refractivity contribution >= 4 is 12.0 Å². The lowest BCUT2D eigenvalue weighted by Crippen LogP contribution is -2.14. The third-order valence-electron chi connectivity index (χ3n) is 3.57. The van der Waals surface area contributed by atoms with E-state index in [-0.39, 0.29) is 0 Å². The molecule has 120 valence electrons. The largest absolute Gasteiger partial charge is 0.342 e. The molecule has 0 fully saturated rings. The van der Waals surface area contributed by atoms with Gasteiger partial charge in [0.1, 0.15) is 5.82 Å². The maximum atomic E-state index is 11.0. The molecule has 0 aliphatic rings. The smallest absolute Gasteiger partial charge is 0.267 e. The molecule has 1 heterocycles. The number of carbonyl (C=O) groups excluding carboxylic acids is 1. The third kappa shape index (κ3) is 3.97. The Labute approximate surface area is 139 Å². The van der Waals surface area contributed by atoms with Crippen LogP contribution in [-0.2, 0) is 11.2 Å². The van der Waals surface area contributed by atoms with Crippen LogP contribution in [0.1, 0.15) is 17.0 Å². The van der Waals surface area contributed by atoms with Gasteiger partial charge in [0.2, 0.25) is 0 Å². The molecule has 5 nitrogen and oxygen atoms in total. The highest BCUT2D eigenvalue weighted by Crippen LogP contribution is 2.18. The predicted octanol–water partition coefficient (Wildman–Crippen LogP) is 3.19. The second-order valence-corrected chi connectivity index (χ2v) is 5.34. The van der Waals surface area contributed by atoms with Gasteiger partial charge < -0.3 is 4.98 Å². The topological polar surface area (TPSA) is 78.0 Å². The van der Waals surface area contributed by atoms with Crippen molar-refractivity contribution in [1.82, 2.24) is 15.4 Å². The maximum Gasteiger partial charge on any atom is 0.267 e. The van der Waals surface area contributed by atoms with Gasteiger partial charge in [-0.05, 0) is 22.8 Å². The number of H-pyrrole nitrogens is 1. The number of hydroxylamine groups is 1. The molecule has 3 aromatic rings. The Hall–Kier alpha value is -3.18. The fourth-order valence-corrected chi connectivity index (χ4v) is 2.43. The van der Waals surface area contributed by atoms with Gasteiger partial charge in [0.05, 0.1) is 11.9 Å². The number of amides is 1. The van der Waals surface area contributed by atoms with Crippen molar-refractivity contribution in [3.05, 3.63) is 83.8 Å². The number of aromatic nitrogens is 2. The van der Waals surface area contributed by atoms with Crippen LogP contribution >= 0.6 is 0 Å². The number of nitrogens with one attached hydrogen (secondary N) is 2. The van der Waals surface area contributed by atoms with Crippen molar-refractivity contribution < 1.29 is 10.0 Å². The Kier molecular flexibility index (Phi) is 4.84. The summed E-state index contributed by atoms with van der Waals surface area (Å²) in [5.74, 6) is 0.321. The second-order valence-electron chi connectivity index (χ2n) is 5.34. The van der Waals surface area contributed by atoms with Crippen molar-refractivity contribution in [1.29, 1.82) is 0 Å². The number of carbonyl (C=O) groups is 1. The lowest BCUT2D eigenvalue weighted by Gasteiger charge is -2.01. The average molecular weight is 319 g/mol. The first-order chi connectivity index (χ1) is 11.7. The van der Waals surface area contributed by atoms with Gasteiger partial charge in [-0.25, -0.2) is 10.5 Å². The summed E-state index contributed by atoms with van der Waals surface area (Å²) < 4.78 is 0. The van der Waals surface area contributed by atoms with Gasteiger partial charge in [0, 0.05) is 12.5 Å². The van der Waals surface area contributed by atoms with Gasteiger partial charge in [0.15, 0.2) is 0 Å². The molecule has 3 N–H and O–H groups in total. The van der Waals surface area contributed by atoms with Crippen LogP contribution in [0.5, 0.6) is 0 Å². The Morgan fingerprint density at radius 2 is 2.00 bits per heavy atom. The van der Waals surface area contributed by atoms with Crippen molar-refractivity contribution in [3.63, 3.8) is 0 Å². The van der Waals surface area contributed by atoms with Crippen molar-refractivity contribution in [2.45, 2.75) is 6.42 Å². The molecule has 0 saturated carbocycles. The Bertz CT molecular complexity index is 854. The van der Waals surface area contributed by atoms with Gasteiger partial charge in [-0.3, -0.25) is 10.0 Å². The Balaban J connectivity index is 1.74. The van der Waals surface area contributed by atoms with E-state index in [0.717, 1.165) is 28.2 Å². The molecule has 5 heteroatoms. The number of benzene rings is 2. The van der Waals surface area contributed by atoms with Gasteiger partial charge in [-0.1, -0.05) is 54.6 Å². The van der Waals surface area contributed by atoms with Crippen LogP contribution < -0.4 is 5.48 Å². The number of imidazole rings is 1.